The number of halogens is 3. The summed E-state index contributed by atoms with van der Waals surface area (Å²) in [7, 11) is 8.15. The highest BCUT2D eigenvalue weighted by atomic mass is 127. The largest absolute Gasteiger partial charge is 1.00 e. The van der Waals surface area contributed by atoms with E-state index in [1.54, 1.807) is 11.8 Å². The average molecular weight is 1340 g/mol. The number of rotatable bonds is 20. The van der Waals surface area contributed by atoms with Crippen molar-refractivity contribution in [2.45, 2.75) is 104 Å². The number of anilines is 3. The van der Waals surface area contributed by atoms with Crippen LogP contribution in [0, 0.1) is 13.8 Å². The van der Waals surface area contributed by atoms with Gasteiger partial charge in [0.15, 0.2) is 0 Å². The zero-order valence-corrected chi connectivity index (χ0v) is 56.3. The first-order valence-corrected chi connectivity index (χ1v) is 31.3. The van der Waals surface area contributed by atoms with Gasteiger partial charge in [0.25, 0.3) is 0 Å². The van der Waals surface area contributed by atoms with Gasteiger partial charge in [-0.3, -0.25) is 14.6 Å². The molecule has 1 fully saturated rings. The van der Waals surface area contributed by atoms with Crippen molar-refractivity contribution < 1.29 is 47.7 Å². The predicted octanol–water partition coefficient (Wildman–Crippen LogP) is 9.98. The van der Waals surface area contributed by atoms with Crippen LogP contribution in [0.4, 0.5) is 27.5 Å². The number of hydrogen-bond donors (Lipinski definition) is 5. The lowest BCUT2D eigenvalue weighted by Crippen LogP contribution is -3.00. The van der Waals surface area contributed by atoms with Crippen LogP contribution < -0.4 is 56.3 Å². The summed E-state index contributed by atoms with van der Waals surface area (Å²) in [4.78, 5) is 51.0. The number of nitrogens with two attached hydrogens (primary N) is 2. The van der Waals surface area contributed by atoms with Crippen molar-refractivity contribution >= 4 is 86.5 Å². The molecule has 7 N–H and O–H groups in total. The number of carbonyl (C=O) groups is 3. The zero-order valence-electron chi connectivity index (χ0n) is 51.8. The van der Waals surface area contributed by atoms with Crippen molar-refractivity contribution in [1.82, 2.24) is 15.1 Å². The van der Waals surface area contributed by atoms with E-state index in [9.17, 15) is 14.4 Å². The number of alkyl carbamates (subject to hydrolysis) is 1. The number of hydrogen-bond acceptors (Lipinski definition) is 10. The molecule has 2 aliphatic heterocycles. The van der Waals surface area contributed by atoms with Gasteiger partial charge in [0, 0.05) is 97.3 Å². The molecular formula is C68H89Cl2IN10O4S. The maximum atomic E-state index is 13.8. The molecule has 14 nitrogen and oxygen atoms in total. The van der Waals surface area contributed by atoms with E-state index < -0.39 is 23.5 Å². The third-order valence-electron chi connectivity index (χ3n) is 14.5. The molecule has 0 aliphatic carbocycles. The summed E-state index contributed by atoms with van der Waals surface area (Å²) in [5.41, 5.74) is 22.1. The molecule has 0 aromatic heterocycles. The minimum atomic E-state index is -0.565. The van der Waals surface area contributed by atoms with Gasteiger partial charge in [-0.05, 0) is 170 Å². The Morgan fingerprint density at radius 3 is 1.76 bits per heavy atom. The van der Waals surface area contributed by atoms with E-state index in [4.69, 9.17) is 44.4 Å². The van der Waals surface area contributed by atoms with Gasteiger partial charge >= 0.3 is 6.09 Å². The summed E-state index contributed by atoms with van der Waals surface area (Å²) in [6.45, 7) is 15.9. The van der Waals surface area contributed by atoms with Gasteiger partial charge in [-0.25, -0.2) is 4.79 Å². The standard InChI is InChI=1S/C33H38ClN3O3S.C31H38ClN5O.C4H12N2.HI/c1-22-18-25(15-16-29(22)37-17-9-14-30(37)41-5)36-31(38)27(26-12-6-7-13-28(26)34)20-23-10-8-11-24(19-23)21-35-32(39)40-33(2,3)4;1-22-18-25(13-14-29(22)37-16-7-12-30(37)34-15-17-36(2)3)35-31(38)27(26-10-4-5-11-28(26)32)20-23-8-6-9-24(19-23)21-33;1-6(2)4-3-5;/h6-8,10-13,15-16,18-19,27H,9,14,17,20-21H2,1-5H3,(H-,35,36,38,39);4-6,8-11,13-14,18-19,27H,7,12,15-17,20-21,33H2,1-3H3,(H,35,38);3-5H2,1-2H3;1H. The molecule has 2 heterocycles. The van der Waals surface area contributed by atoms with Gasteiger partial charge in [0.1, 0.15) is 18.0 Å². The van der Waals surface area contributed by atoms with Crippen molar-refractivity contribution in [3.05, 3.63) is 188 Å². The molecule has 86 heavy (non-hydrogen) atoms. The van der Waals surface area contributed by atoms with Crippen LogP contribution in [0.25, 0.3) is 0 Å². The Bertz CT molecular complexity index is 3260. The van der Waals surface area contributed by atoms with Gasteiger partial charge in [0.2, 0.25) is 22.5 Å². The summed E-state index contributed by atoms with van der Waals surface area (Å²) in [5, 5.41) is 11.6. The Morgan fingerprint density at radius 1 is 0.698 bits per heavy atom. The minimum Gasteiger partial charge on any atom is -1.00 e. The number of aliphatic imine (C=N–C) groups is 1. The van der Waals surface area contributed by atoms with Crippen LogP contribution in [0.5, 0.6) is 0 Å². The number of likely N-dealkylation sites (N-methyl/N-ethyl adjacent to an activating group) is 2. The summed E-state index contributed by atoms with van der Waals surface area (Å²) in [6.07, 6.45) is 7.00. The van der Waals surface area contributed by atoms with Gasteiger partial charge in [-0.1, -0.05) is 120 Å². The summed E-state index contributed by atoms with van der Waals surface area (Å²) in [5.74, 6) is -0.0145. The third-order valence-corrected chi connectivity index (χ3v) is 16.0. The quantitative estimate of drug-likeness (QED) is 0.0366. The second-order valence-electron chi connectivity index (χ2n) is 23.0. The Labute approximate surface area is 542 Å². The molecule has 0 saturated carbocycles. The number of thioether (sulfide) groups is 1. The molecule has 6 aromatic carbocycles. The van der Waals surface area contributed by atoms with E-state index in [2.05, 4.69) is 87.6 Å². The number of nitrogens with one attached hydrogen (secondary N) is 3. The molecule has 2 aliphatic rings. The van der Waals surface area contributed by atoms with Gasteiger partial charge in [-0.2, -0.15) is 4.58 Å². The molecular weight excluding hydrogens is 1250 g/mol. The number of ether oxygens (including phenoxy) is 1. The molecule has 0 bridgehead atoms. The van der Waals surface area contributed by atoms with E-state index in [0.29, 0.717) is 36.0 Å². The van der Waals surface area contributed by atoms with Crippen LogP contribution in [0.2, 0.25) is 10.0 Å². The van der Waals surface area contributed by atoms with Crippen molar-refractivity contribution in [1.29, 1.82) is 0 Å². The molecule has 3 amide bonds. The molecule has 18 heteroatoms. The monoisotopic (exact) mass is 1340 g/mol. The van der Waals surface area contributed by atoms with E-state index in [-0.39, 0.29) is 35.8 Å². The Kier molecular flexibility index (Phi) is 29.1. The highest BCUT2D eigenvalue weighted by Crippen LogP contribution is 2.34. The highest BCUT2D eigenvalue weighted by Gasteiger charge is 2.29. The lowest BCUT2D eigenvalue weighted by Gasteiger charge is -2.23. The minimum absolute atomic E-state index is 0. The second kappa shape index (κ2) is 35.2. The normalized spacial score (nSPS) is 14.2. The summed E-state index contributed by atoms with van der Waals surface area (Å²) >= 11 is 15.0. The van der Waals surface area contributed by atoms with E-state index in [1.165, 1.54) is 10.7 Å². The van der Waals surface area contributed by atoms with Crippen LogP contribution in [0.1, 0.15) is 103 Å². The van der Waals surface area contributed by atoms with Crippen molar-refractivity contribution in [3.8, 4) is 0 Å². The molecule has 462 valence electrons. The highest BCUT2D eigenvalue weighted by molar-refractivity contribution is 8.13. The predicted molar refractivity (Wildman–Crippen MR) is 357 cm³/mol. The molecule has 1 saturated heterocycles. The number of carbonyl (C=O) groups excluding carboxylic acids is 3. The molecule has 6 aromatic rings. The Hall–Kier alpha value is -5.83. The molecule has 0 spiro atoms. The summed E-state index contributed by atoms with van der Waals surface area (Å²) in [6, 6.07) is 43.2. The molecule has 2 unspecified atom stereocenters. The first-order chi connectivity index (χ1) is 40.7. The fourth-order valence-corrected chi connectivity index (χ4v) is 11.6. The molecule has 2 atom stereocenters. The van der Waals surface area contributed by atoms with Gasteiger partial charge in [-0.15, -0.1) is 0 Å². The first-order valence-electron chi connectivity index (χ1n) is 29.3. The number of nitrogens with zero attached hydrogens (tertiary/aromatic N) is 5. The Balaban J connectivity index is 0.000000284. The smallest absolute Gasteiger partial charge is 0.407 e. The van der Waals surface area contributed by atoms with Gasteiger partial charge < -0.3 is 70.8 Å². The van der Waals surface area contributed by atoms with Crippen molar-refractivity contribution in [2.75, 3.05) is 89.2 Å². The number of amides is 3. The fraction of sp³-hybridized carbons (Fsp3) is 0.397. The van der Waals surface area contributed by atoms with Crippen molar-refractivity contribution in [3.63, 3.8) is 0 Å². The number of amidine groups is 1. The number of benzene rings is 6. The lowest BCUT2D eigenvalue weighted by atomic mass is 9.90. The lowest BCUT2D eigenvalue weighted by molar-refractivity contribution is -0.428. The average Bonchev–Trinajstić information content (AvgIpc) is 4.12. The maximum Gasteiger partial charge on any atom is 0.407 e. The first kappa shape index (κ1) is 70.9. The summed E-state index contributed by atoms with van der Waals surface area (Å²) < 4.78 is 7.72. The zero-order chi connectivity index (χ0) is 61.6. The van der Waals surface area contributed by atoms with E-state index in [0.717, 1.165) is 132 Å². The van der Waals surface area contributed by atoms with E-state index >= 15 is 0 Å². The van der Waals surface area contributed by atoms with Crippen LogP contribution in [-0.2, 0) is 40.3 Å². The van der Waals surface area contributed by atoms with Crippen molar-refractivity contribution in [2.24, 2.45) is 16.5 Å². The van der Waals surface area contributed by atoms with E-state index in [1.807, 2.05) is 150 Å². The Morgan fingerprint density at radius 2 is 1.24 bits per heavy atom. The van der Waals surface area contributed by atoms with Gasteiger partial charge in [0.05, 0.1) is 18.4 Å². The van der Waals surface area contributed by atoms with Crippen LogP contribution in [0.15, 0.2) is 138 Å². The third kappa shape index (κ3) is 22.1. The second-order valence-corrected chi connectivity index (χ2v) is 24.7. The number of aryl methyl sites for hydroxylation is 2. The van der Waals surface area contributed by atoms with Crippen LogP contribution in [-0.4, -0.2) is 122 Å². The fourth-order valence-electron chi connectivity index (χ4n) is 10.3. The maximum absolute atomic E-state index is 13.8. The van der Waals surface area contributed by atoms with Crippen LogP contribution >= 0.6 is 35.0 Å². The SMILES string of the molecule is CN(C)CCN.CSC1=[N+](c2ccc(NC(=O)C(Cc3cccc(CNC(=O)OC(C)(C)C)c3)c3ccccc3Cl)cc2C)CCC1.Cc1cc(NC(=O)C(Cc2cccc(CN)c2)c2ccccc2Cl)ccc1N1CCCC1=NCCN(C)C.[I-]. The molecule has 0 radical (unpaired) electrons. The topological polar surface area (TPSA) is 174 Å². The van der Waals surface area contributed by atoms with Crippen LogP contribution in [0.3, 0.4) is 0 Å². The molecule has 8 rings (SSSR count).